The number of nitrogens with one attached hydrogen (secondary N) is 2. The summed E-state index contributed by atoms with van der Waals surface area (Å²) in [6.07, 6.45) is 5.36. The number of fused-ring (bicyclic) bond motifs is 2. The number of aryl methyl sites for hydroxylation is 1. The van der Waals surface area contributed by atoms with E-state index in [0.717, 1.165) is 81.5 Å². The molecule has 0 spiro atoms. The van der Waals surface area contributed by atoms with Gasteiger partial charge in [-0.3, -0.25) is 10.3 Å². The van der Waals surface area contributed by atoms with Crippen LogP contribution in [-0.2, 0) is 19.3 Å². The van der Waals surface area contributed by atoms with Crippen LogP contribution < -0.4 is 5.01 Å². The Morgan fingerprint density at radius 3 is 2.72 bits per heavy atom. The number of piperazine rings is 1. The van der Waals surface area contributed by atoms with Crippen LogP contribution in [0.25, 0.3) is 11.0 Å². The van der Waals surface area contributed by atoms with Gasteiger partial charge < -0.3 is 4.90 Å². The highest BCUT2D eigenvalue weighted by Crippen LogP contribution is 2.29. The molecule has 32 heavy (non-hydrogen) atoms. The van der Waals surface area contributed by atoms with Gasteiger partial charge >= 0.3 is 0 Å². The highest BCUT2D eigenvalue weighted by molar-refractivity contribution is 5.76. The summed E-state index contributed by atoms with van der Waals surface area (Å²) < 4.78 is 4.79. The molecule has 1 aliphatic carbocycles. The molecule has 1 unspecified atom stereocenters. The number of nitrogens with zero attached hydrogens (tertiary/aromatic N) is 6. The van der Waals surface area contributed by atoms with Crippen LogP contribution >= 0.6 is 0 Å². The van der Waals surface area contributed by atoms with Crippen molar-refractivity contribution >= 4 is 23.1 Å². The molecule has 0 saturated carbocycles. The monoisotopic (exact) mass is 432 g/mol. The summed E-state index contributed by atoms with van der Waals surface area (Å²) in [6, 6.07) is 13.0. The normalized spacial score (nSPS) is 19.6. The second kappa shape index (κ2) is 9.13. The van der Waals surface area contributed by atoms with Gasteiger partial charge in [-0.25, -0.2) is 9.64 Å². The fourth-order valence-electron chi connectivity index (χ4n) is 4.96. The van der Waals surface area contributed by atoms with Gasteiger partial charge in [0.2, 0.25) is 0 Å². The van der Waals surface area contributed by atoms with E-state index in [1.807, 2.05) is 12.1 Å². The Morgan fingerprint density at radius 2 is 1.91 bits per heavy atom. The number of aromatic nitrogens is 2. The lowest BCUT2D eigenvalue weighted by atomic mass is 9.87. The summed E-state index contributed by atoms with van der Waals surface area (Å²) in [6.45, 7) is 5.50. The van der Waals surface area contributed by atoms with Gasteiger partial charge in [0, 0.05) is 38.8 Å². The van der Waals surface area contributed by atoms with Crippen molar-refractivity contribution in [3.8, 4) is 0 Å². The molecule has 2 aliphatic rings. The quantitative estimate of drug-likeness (QED) is 0.257. The SMILES string of the molecule is N=CN(N=N)c1ccc2c(c1)CCC(N1CCN(CCc3ccc4nonc4c3)CC1)C2. The van der Waals surface area contributed by atoms with E-state index in [1.165, 1.54) is 21.7 Å². The summed E-state index contributed by atoms with van der Waals surface area (Å²) in [5, 5.41) is 19.9. The van der Waals surface area contributed by atoms with Crippen LogP contribution in [0.5, 0.6) is 0 Å². The van der Waals surface area contributed by atoms with Crippen LogP contribution in [0.2, 0.25) is 0 Å². The zero-order valence-corrected chi connectivity index (χ0v) is 18.1. The second-order valence-electron chi connectivity index (χ2n) is 8.64. The van der Waals surface area contributed by atoms with Crippen molar-refractivity contribution < 1.29 is 4.63 Å². The molecule has 0 radical (unpaired) electrons. The lowest BCUT2D eigenvalue weighted by molar-refractivity contribution is 0.0902. The Morgan fingerprint density at radius 1 is 1.06 bits per heavy atom. The van der Waals surface area contributed by atoms with Crippen molar-refractivity contribution in [2.75, 3.05) is 37.7 Å². The van der Waals surface area contributed by atoms with Crippen molar-refractivity contribution in [2.24, 2.45) is 5.22 Å². The third-order valence-electron chi connectivity index (χ3n) is 6.85. The minimum atomic E-state index is 0.595. The van der Waals surface area contributed by atoms with E-state index < -0.39 is 0 Å². The average molecular weight is 433 g/mol. The molecular formula is C23H28N8O. The Hall–Kier alpha value is -3.17. The fourth-order valence-corrected chi connectivity index (χ4v) is 4.96. The predicted molar refractivity (Wildman–Crippen MR) is 122 cm³/mol. The van der Waals surface area contributed by atoms with Crippen LogP contribution in [0.1, 0.15) is 23.1 Å². The smallest absolute Gasteiger partial charge is 0.135 e. The van der Waals surface area contributed by atoms with E-state index in [2.05, 4.69) is 49.6 Å². The minimum absolute atomic E-state index is 0.595. The zero-order valence-electron chi connectivity index (χ0n) is 18.1. The highest BCUT2D eigenvalue weighted by atomic mass is 16.6. The zero-order chi connectivity index (χ0) is 21.9. The molecule has 2 N–H and O–H groups in total. The lowest BCUT2D eigenvalue weighted by Crippen LogP contribution is -2.52. The van der Waals surface area contributed by atoms with Crippen molar-refractivity contribution in [1.82, 2.24) is 20.1 Å². The molecule has 1 saturated heterocycles. The van der Waals surface area contributed by atoms with Crippen LogP contribution in [0.15, 0.2) is 46.3 Å². The number of anilines is 1. The fraction of sp³-hybridized carbons (Fsp3) is 0.435. The highest BCUT2D eigenvalue weighted by Gasteiger charge is 2.27. The predicted octanol–water partition coefficient (Wildman–Crippen LogP) is 3.30. The first-order valence-electron chi connectivity index (χ1n) is 11.2. The molecule has 1 aromatic heterocycles. The first-order valence-corrected chi connectivity index (χ1v) is 11.2. The average Bonchev–Trinajstić information content (AvgIpc) is 3.31. The lowest BCUT2D eigenvalue weighted by Gasteiger charge is -2.41. The number of hydrogen-bond acceptors (Lipinski definition) is 8. The minimum Gasteiger partial charge on any atom is -0.300 e. The second-order valence-corrected chi connectivity index (χ2v) is 8.64. The van der Waals surface area contributed by atoms with Gasteiger partial charge in [-0.1, -0.05) is 17.4 Å². The molecule has 1 fully saturated rings. The molecule has 1 aliphatic heterocycles. The Labute approximate surface area is 186 Å². The molecule has 0 amide bonds. The summed E-state index contributed by atoms with van der Waals surface area (Å²) in [5.41, 5.74) is 13.6. The van der Waals surface area contributed by atoms with E-state index in [1.54, 1.807) is 0 Å². The number of rotatable bonds is 7. The molecule has 5 rings (SSSR count). The van der Waals surface area contributed by atoms with Crippen molar-refractivity contribution in [3.05, 3.63) is 53.1 Å². The van der Waals surface area contributed by atoms with Crippen LogP contribution in [0.3, 0.4) is 0 Å². The standard InChI is InChI=1S/C23H28N8O/c24-16-31(28-25)21-5-3-18-14-20(4-2-19(18)15-21)30-11-9-29(10-12-30)8-7-17-1-6-22-23(13-17)27-32-26-22/h1,3,5-6,13,15-16,20,24-25H,2,4,7-12,14H2. The van der Waals surface area contributed by atoms with E-state index in [0.29, 0.717) is 6.04 Å². The van der Waals surface area contributed by atoms with Crippen LogP contribution in [0, 0.1) is 10.9 Å². The third kappa shape index (κ3) is 4.26. The molecular weight excluding hydrogens is 404 g/mol. The maximum atomic E-state index is 7.39. The van der Waals surface area contributed by atoms with E-state index >= 15 is 0 Å². The van der Waals surface area contributed by atoms with Gasteiger partial charge in [0.1, 0.15) is 17.4 Å². The number of benzene rings is 2. The van der Waals surface area contributed by atoms with E-state index in [4.69, 9.17) is 15.6 Å². The van der Waals surface area contributed by atoms with Crippen molar-refractivity contribution in [2.45, 2.75) is 31.7 Å². The molecule has 1 atom stereocenters. The van der Waals surface area contributed by atoms with Gasteiger partial charge in [-0.2, -0.15) is 5.53 Å². The summed E-state index contributed by atoms with van der Waals surface area (Å²) >= 11 is 0. The first kappa shape index (κ1) is 20.7. The maximum Gasteiger partial charge on any atom is 0.135 e. The van der Waals surface area contributed by atoms with Gasteiger partial charge in [0.15, 0.2) is 0 Å². The molecule has 3 aromatic rings. The first-order chi connectivity index (χ1) is 15.7. The van der Waals surface area contributed by atoms with Crippen molar-refractivity contribution in [3.63, 3.8) is 0 Å². The van der Waals surface area contributed by atoms with Gasteiger partial charge in [0.05, 0.1) is 5.69 Å². The van der Waals surface area contributed by atoms with Gasteiger partial charge in [-0.15, -0.1) is 0 Å². The number of hydrogen-bond donors (Lipinski definition) is 2. The Kier molecular flexibility index (Phi) is 5.91. The third-order valence-corrected chi connectivity index (χ3v) is 6.85. The largest absolute Gasteiger partial charge is 0.300 e. The van der Waals surface area contributed by atoms with Gasteiger partial charge in [-0.05, 0) is 77.0 Å². The Bertz CT molecular complexity index is 1100. The maximum absolute atomic E-state index is 7.39. The Balaban J connectivity index is 1.13. The topological polar surface area (TPSA) is 109 Å². The molecule has 2 heterocycles. The van der Waals surface area contributed by atoms with Crippen LogP contribution in [-0.4, -0.2) is 65.2 Å². The molecule has 2 aromatic carbocycles. The van der Waals surface area contributed by atoms with E-state index in [-0.39, 0.29) is 0 Å². The molecule has 9 heteroatoms. The summed E-state index contributed by atoms with van der Waals surface area (Å²) in [7, 11) is 0. The van der Waals surface area contributed by atoms with E-state index in [9.17, 15) is 0 Å². The van der Waals surface area contributed by atoms with Crippen LogP contribution in [0.4, 0.5) is 5.69 Å². The van der Waals surface area contributed by atoms with Gasteiger partial charge in [0.25, 0.3) is 0 Å². The van der Waals surface area contributed by atoms with Crippen molar-refractivity contribution in [1.29, 1.82) is 10.9 Å². The molecule has 9 nitrogen and oxygen atoms in total. The summed E-state index contributed by atoms with van der Waals surface area (Å²) in [5.74, 6) is 0. The molecule has 0 bridgehead atoms. The summed E-state index contributed by atoms with van der Waals surface area (Å²) in [4.78, 5) is 5.21. The molecule has 166 valence electrons.